The SMILES string of the molecule is COC(=O)C(COC(C)(C)C)NC(=O)Nc1ccc(Cl)cc1Cl. The lowest BCUT2D eigenvalue weighted by Gasteiger charge is -2.24. The fourth-order valence-corrected chi connectivity index (χ4v) is 2.01. The first-order chi connectivity index (χ1) is 10.6. The van der Waals surface area contributed by atoms with Crippen LogP contribution in [0.2, 0.25) is 10.0 Å². The number of urea groups is 1. The Balaban J connectivity index is 2.70. The smallest absolute Gasteiger partial charge is 0.330 e. The van der Waals surface area contributed by atoms with E-state index in [1.165, 1.54) is 13.2 Å². The van der Waals surface area contributed by atoms with Crippen molar-refractivity contribution in [3.63, 3.8) is 0 Å². The van der Waals surface area contributed by atoms with E-state index in [-0.39, 0.29) is 11.6 Å². The van der Waals surface area contributed by atoms with E-state index in [9.17, 15) is 9.59 Å². The predicted molar refractivity (Wildman–Crippen MR) is 90.1 cm³/mol. The number of halogens is 2. The Hall–Kier alpha value is -1.50. The maximum Gasteiger partial charge on any atom is 0.330 e. The van der Waals surface area contributed by atoms with Crippen molar-refractivity contribution in [1.29, 1.82) is 0 Å². The maximum absolute atomic E-state index is 12.0. The Morgan fingerprint density at radius 2 is 1.91 bits per heavy atom. The first-order valence-corrected chi connectivity index (χ1v) is 7.62. The number of methoxy groups -OCH3 is 1. The van der Waals surface area contributed by atoms with Gasteiger partial charge in [0.2, 0.25) is 0 Å². The molecule has 0 aliphatic carbocycles. The van der Waals surface area contributed by atoms with Crippen molar-refractivity contribution >= 4 is 40.9 Å². The quantitative estimate of drug-likeness (QED) is 0.786. The van der Waals surface area contributed by atoms with Gasteiger partial charge in [-0.15, -0.1) is 0 Å². The molecule has 0 aromatic heterocycles. The number of ether oxygens (including phenoxy) is 2. The minimum absolute atomic E-state index is 0.0159. The molecule has 1 aromatic carbocycles. The molecule has 1 unspecified atom stereocenters. The Morgan fingerprint density at radius 1 is 1.26 bits per heavy atom. The molecule has 1 rings (SSSR count). The van der Waals surface area contributed by atoms with Gasteiger partial charge in [0.1, 0.15) is 0 Å². The van der Waals surface area contributed by atoms with Crippen molar-refractivity contribution in [2.45, 2.75) is 32.4 Å². The van der Waals surface area contributed by atoms with Gasteiger partial charge in [0.25, 0.3) is 0 Å². The van der Waals surface area contributed by atoms with Crippen LogP contribution in [0.15, 0.2) is 18.2 Å². The number of carbonyl (C=O) groups excluding carboxylic acids is 2. The van der Waals surface area contributed by atoms with Gasteiger partial charge in [-0.2, -0.15) is 0 Å². The van der Waals surface area contributed by atoms with E-state index in [1.807, 2.05) is 20.8 Å². The molecule has 2 amide bonds. The van der Waals surface area contributed by atoms with Crippen LogP contribution in [0.4, 0.5) is 10.5 Å². The van der Waals surface area contributed by atoms with Crippen LogP contribution < -0.4 is 10.6 Å². The summed E-state index contributed by atoms with van der Waals surface area (Å²) in [6.45, 7) is 5.51. The molecule has 0 fully saturated rings. The summed E-state index contributed by atoms with van der Waals surface area (Å²) in [6.07, 6.45) is 0. The van der Waals surface area contributed by atoms with Crippen molar-refractivity contribution in [2.75, 3.05) is 19.0 Å². The Morgan fingerprint density at radius 3 is 2.43 bits per heavy atom. The molecule has 0 heterocycles. The van der Waals surface area contributed by atoms with E-state index in [1.54, 1.807) is 12.1 Å². The molecule has 0 saturated heterocycles. The van der Waals surface area contributed by atoms with Crippen molar-refractivity contribution in [1.82, 2.24) is 5.32 Å². The van der Waals surface area contributed by atoms with E-state index in [0.717, 1.165) is 0 Å². The second-order valence-corrected chi connectivity index (χ2v) is 6.57. The summed E-state index contributed by atoms with van der Waals surface area (Å²) in [5, 5.41) is 5.77. The zero-order chi connectivity index (χ0) is 17.6. The number of nitrogens with one attached hydrogen (secondary N) is 2. The van der Waals surface area contributed by atoms with Crippen molar-refractivity contribution in [3.05, 3.63) is 28.2 Å². The van der Waals surface area contributed by atoms with E-state index in [2.05, 4.69) is 15.4 Å². The van der Waals surface area contributed by atoms with Crippen LogP contribution in [-0.4, -0.2) is 37.4 Å². The molecule has 0 spiro atoms. The first kappa shape index (κ1) is 19.5. The standard InChI is InChI=1S/C15H20Cl2N2O4/c1-15(2,3)23-8-12(13(20)22-4)19-14(21)18-11-6-5-9(16)7-10(11)17/h5-7,12H,8H2,1-4H3,(H2,18,19,21). The number of amides is 2. The van der Waals surface area contributed by atoms with E-state index >= 15 is 0 Å². The van der Waals surface area contributed by atoms with Crippen LogP contribution in [0.25, 0.3) is 0 Å². The summed E-state index contributed by atoms with van der Waals surface area (Å²) in [6, 6.07) is 3.10. The maximum atomic E-state index is 12.0. The average molecular weight is 363 g/mol. The summed E-state index contributed by atoms with van der Waals surface area (Å²) < 4.78 is 10.2. The Labute approximate surface area is 145 Å². The minimum atomic E-state index is -0.940. The zero-order valence-corrected chi connectivity index (χ0v) is 14.9. The van der Waals surface area contributed by atoms with E-state index in [0.29, 0.717) is 10.7 Å². The first-order valence-electron chi connectivity index (χ1n) is 6.87. The van der Waals surface area contributed by atoms with Crippen molar-refractivity contribution in [3.8, 4) is 0 Å². The highest BCUT2D eigenvalue weighted by atomic mass is 35.5. The Bertz CT molecular complexity index is 573. The van der Waals surface area contributed by atoms with E-state index in [4.69, 9.17) is 27.9 Å². The lowest BCUT2D eigenvalue weighted by molar-refractivity contribution is -0.145. The minimum Gasteiger partial charge on any atom is -0.467 e. The summed E-state index contributed by atoms with van der Waals surface area (Å²) in [4.78, 5) is 23.8. The van der Waals surface area contributed by atoms with Crippen molar-refractivity contribution < 1.29 is 19.1 Å². The number of esters is 1. The number of benzene rings is 1. The van der Waals surface area contributed by atoms with Crippen LogP contribution in [0.3, 0.4) is 0 Å². The molecule has 8 heteroatoms. The summed E-state index contributed by atoms with van der Waals surface area (Å²) in [5.74, 6) is -0.605. The van der Waals surface area contributed by atoms with Gasteiger partial charge in [0.05, 0.1) is 30.0 Å². The molecule has 23 heavy (non-hydrogen) atoms. The van der Waals surface area contributed by atoms with Gasteiger partial charge in [-0.05, 0) is 39.0 Å². The van der Waals surface area contributed by atoms with Gasteiger partial charge in [-0.1, -0.05) is 23.2 Å². The molecule has 0 bridgehead atoms. The van der Waals surface area contributed by atoms with Crippen LogP contribution in [0.1, 0.15) is 20.8 Å². The Kier molecular flexibility index (Phi) is 7.12. The third kappa shape index (κ3) is 7.07. The topological polar surface area (TPSA) is 76.7 Å². The molecule has 128 valence electrons. The zero-order valence-electron chi connectivity index (χ0n) is 13.4. The highest BCUT2D eigenvalue weighted by Gasteiger charge is 2.24. The van der Waals surface area contributed by atoms with Crippen molar-refractivity contribution in [2.24, 2.45) is 0 Å². The molecule has 1 atom stereocenters. The highest BCUT2D eigenvalue weighted by Crippen LogP contribution is 2.25. The normalized spacial score (nSPS) is 12.4. The van der Waals surface area contributed by atoms with Gasteiger partial charge in [-0.25, -0.2) is 9.59 Å². The lowest BCUT2D eigenvalue weighted by atomic mass is 10.2. The van der Waals surface area contributed by atoms with Crippen LogP contribution in [0.5, 0.6) is 0 Å². The molecule has 1 aromatic rings. The fraction of sp³-hybridized carbons (Fsp3) is 0.467. The van der Waals surface area contributed by atoms with Gasteiger partial charge >= 0.3 is 12.0 Å². The molecule has 6 nitrogen and oxygen atoms in total. The second kappa shape index (κ2) is 8.38. The molecular weight excluding hydrogens is 343 g/mol. The fourth-order valence-electron chi connectivity index (χ4n) is 1.55. The van der Waals surface area contributed by atoms with Gasteiger partial charge in [0, 0.05) is 5.02 Å². The van der Waals surface area contributed by atoms with Crippen LogP contribution in [-0.2, 0) is 14.3 Å². The van der Waals surface area contributed by atoms with E-state index < -0.39 is 23.6 Å². The number of hydrogen-bond donors (Lipinski definition) is 2. The monoisotopic (exact) mass is 362 g/mol. The van der Waals surface area contributed by atoms with Crippen LogP contribution in [0, 0.1) is 0 Å². The number of rotatable bonds is 5. The van der Waals surface area contributed by atoms with Gasteiger partial charge in [0.15, 0.2) is 6.04 Å². The van der Waals surface area contributed by atoms with Crippen LogP contribution >= 0.6 is 23.2 Å². The number of hydrogen-bond acceptors (Lipinski definition) is 4. The predicted octanol–water partition coefficient (Wildman–Crippen LogP) is 3.47. The largest absolute Gasteiger partial charge is 0.467 e. The second-order valence-electron chi connectivity index (χ2n) is 5.72. The number of carbonyl (C=O) groups is 2. The molecule has 0 radical (unpaired) electrons. The average Bonchev–Trinajstić information content (AvgIpc) is 2.44. The third-order valence-corrected chi connectivity index (χ3v) is 3.20. The van der Waals surface area contributed by atoms with Gasteiger partial charge in [-0.3, -0.25) is 0 Å². The molecule has 0 aliphatic rings. The summed E-state index contributed by atoms with van der Waals surface area (Å²) >= 11 is 11.8. The molecular formula is C15H20Cl2N2O4. The third-order valence-electron chi connectivity index (χ3n) is 2.65. The molecule has 2 N–H and O–H groups in total. The summed E-state index contributed by atoms with van der Waals surface area (Å²) in [7, 11) is 1.24. The lowest BCUT2D eigenvalue weighted by Crippen LogP contribution is -2.47. The summed E-state index contributed by atoms with van der Waals surface area (Å²) in [5.41, 5.74) is -0.0851. The highest BCUT2D eigenvalue weighted by molar-refractivity contribution is 6.36. The molecule has 0 saturated carbocycles. The van der Waals surface area contributed by atoms with Gasteiger partial charge < -0.3 is 20.1 Å². The molecule has 0 aliphatic heterocycles. The number of anilines is 1.